The lowest BCUT2D eigenvalue weighted by molar-refractivity contribution is -0.120. The molecule has 0 radical (unpaired) electrons. The van der Waals surface area contributed by atoms with E-state index >= 15 is 0 Å². The van der Waals surface area contributed by atoms with Crippen molar-refractivity contribution >= 4 is 37.5 Å². The third kappa shape index (κ3) is 6.47. The summed E-state index contributed by atoms with van der Waals surface area (Å²) >= 11 is 3.31. The smallest absolute Gasteiger partial charge is 0.264 e. The van der Waals surface area contributed by atoms with E-state index in [9.17, 15) is 13.2 Å². The van der Waals surface area contributed by atoms with E-state index in [1.54, 1.807) is 36.4 Å². The van der Waals surface area contributed by atoms with E-state index in [1.807, 2.05) is 20.8 Å². The quantitative estimate of drug-likeness (QED) is 0.546. The zero-order valence-electron chi connectivity index (χ0n) is 16.9. The van der Waals surface area contributed by atoms with Crippen molar-refractivity contribution in [1.82, 2.24) is 5.32 Å². The van der Waals surface area contributed by atoms with Gasteiger partial charge in [0.2, 0.25) is 5.91 Å². The van der Waals surface area contributed by atoms with Crippen molar-refractivity contribution in [2.75, 3.05) is 17.5 Å². The van der Waals surface area contributed by atoms with Crippen LogP contribution in [0.1, 0.15) is 33.6 Å². The second kappa shape index (κ2) is 10.6. The minimum absolute atomic E-state index is 0.0231. The zero-order valence-corrected chi connectivity index (χ0v) is 19.3. The number of sulfonamides is 1. The molecule has 2 rings (SSSR count). The fourth-order valence-electron chi connectivity index (χ4n) is 2.88. The molecule has 2 aromatic carbocycles. The van der Waals surface area contributed by atoms with Gasteiger partial charge < -0.3 is 10.1 Å². The van der Waals surface area contributed by atoms with Gasteiger partial charge in [0, 0.05) is 10.5 Å². The molecule has 1 N–H and O–H groups in total. The number of halogens is 1. The van der Waals surface area contributed by atoms with Crippen LogP contribution in [0, 0.1) is 0 Å². The number of rotatable bonds is 10. The lowest BCUT2D eigenvalue weighted by Gasteiger charge is -2.25. The summed E-state index contributed by atoms with van der Waals surface area (Å²) in [6.45, 7) is 6.02. The van der Waals surface area contributed by atoms with Crippen LogP contribution in [0.5, 0.6) is 5.75 Å². The molecule has 0 aliphatic carbocycles. The van der Waals surface area contributed by atoms with Gasteiger partial charge in [-0.2, -0.15) is 0 Å². The third-order valence-electron chi connectivity index (χ3n) is 4.25. The molecular weight excluding hydrogens is 456 g/mol. The molecule has 0 bridgehead atoms. The number of anilines is 1. The van der Waals surface area contributed by atoms with Gasteiger partial charge in [0.25, 0.3) is 10.0 Å². The van der Waals surface area contributed by atoms with E-state index in [4.69, 9.17) is 4.74 Å². The fourth-order valence-corrected chi connectivity index (χ4v) is 4.57. The maximum atomic E-state index is 13.3. The number of nitrogens with one attached hydrogen (secondary N) is 1. The second-order valence-corrected chi connectivity index (χ2v) is 9.43. The van der Waals surface area contributed by atoms with Crippen LogP contribution in [0.3, 0.4) is 0 Å². The molecule has 6 nitrogen and oxygen atoms in total. The molecule has 0 aromatic heterocycles. The second-order valence-electron chi connectivity index (χ2n) is 6.65. The van der Waals surface area contributed by atoms with Crippen LogP contribution >= 0.6 is 15.9 Å². The molecule has 1 atom stereocenters. The number of hydrogen-bond acceptors (Lipinski definition) is 4. The van der Waals surface area contributed by atoms with Crippen LogP contribution in [0.2, 0.25) is 0 Å². The molecule has 0 aliphatic heterocycles. The summed E-state index contributed by atoms with van der Waals surface area (Å²) in [5.74, 6) is 0.291. The average molecular weight is 483 g/mol. The Bertz CT molecular complexity index is 899. The van der Waals surface area contributed by atoms with Gasteiger partial charge in [-0.15, -0.1) is 0 Å². The Hall–Kier alpha value is -2.06. The first kappa shape index (κ1) is 23.2. The van der Waals surface area contributed by atoms with Crippen molar-refractivity contribution in [1.29, 1.82) is 0 Å². The van der Waals surface area contributed by atoms with Gasteiger partial charge in [0.1, 0.15) is 12.3 Å². The molecule has 158 valence electrons. The van der Waals surface area contributed by atoms with Crippen molar-refractivity contribution in [2.24, 2.45) is 0 Å². The molecule has 0 spiro atoms. The number of amides is 1. The molecule has 0 heterocycles. The number of benzene rings is 2. The Morgan fingerprint density at radius 2 is 1.72 bits per heavy atom. The summed E-state index contributed by atoms with van der Waals surface area (Å²) < 4.78 is 33.9. The van der Waals surface area contributed by atoms with E-state index in [-0.39, 0.29) is 23.4 Å². The summed E-state index contributed by atoms with van der Waals surface area (Å²) in [7, 11) is -3.93. The van der Waals surface area contributed by atoms with Gasteiger partial charge in [-0.05, 0) is 68.8 Å². The van der Waals surface area contributed by atoms with Crippen LogP contribution in [0.4, 0.5) is 5.69 Å². The maximum absolute atomic E-state index is 13.3. The highest BCUT2D eigenvalue weighted by molar-refractivity contribution is 9.10. The van der Waals surface area contributed by atoms with E-state index < -0.39 is 10.0 Å². The van der Waals surface area contributed by atoms with E-state index in [1.165, 1.54) is 12.1 Å². The highest BCUT2D eigenvalue weighted by Crippen LogP contribution is 2.26. The molecule has 0 unspecified atom stereocenters. The minimum Gasteiger partial charge on any atom is -0.494 e. The predicted octanol–water partition coefficient (Wildman–Crippen LogP) is 4.35. The summed E-state index contributed by atoms with van der Waals surface area (Å²) in [6.07, 6.45) is 1.76. The molecule has 0 fully saturated rings. The standard InChI is InChI=1S/C21H27BrN2O4S/c1-4-6-16(3)23-21(25)15-24(18-9-11-19(12-10-18)28-5-2)29(26,27)20-13-7-17(22)8-14-20/h7-14,16H,4-6,15H2,1-3H3,(H,23,25)/t16-/m1/s1. The van der Waals surface area contributed by atoms with Crippen LogP contribution in [0.15, 0.2) is 57.9 Å². The Balaban J connectivity index is 2.36. The molecule has 0 saturated carbocycles. The van der Waals surface area contributed by atoms with Crippen LogP contribution < -0.4 is 14.4 Å². The molecule has 2 aromatic rings. The highest BCUT2D eigenvalue weighted by Gasteiger charge is 2.27. The highest BCUT2D eigenvalue weighted by atomic mass is 79.9. The van der Waals surface area contributed by atoms with Gasteiger partial charge >= 0.3 is 0 Å². The van der Waals surface area contributed by atoms with Crippen LogP contribution in [-0.2, 0) is 14.8 Å². The molecule has 8 heteroatoms. The summed E-state index contributed by atoms with van der Waals surface area (Å²) in [6, 6.07) is 13.0. The topological polar surface area (TPSA) is 75.7 Å². The van der Waals surface area contributed by atoms with Gasteiger partial charge in [-0.25, -0.2) is 8.42 Å². The Morgan fingerprint density at radius 1 is 1.10 bits per heavy atom. The van der Waals surface area contributed by atoms with Crippen molar-refractivity contribution in [2.45, 2.75) is 44.6 Å². The Morgan fingerprint density at radius 3 is 2.28 bits per heavy atom. The zero-order chi connectivity index (χ0) is 21.4. The summed E-state index contributed by atoms with van der Waals surface area (Å²) in [4.78, 5) is 12.7. The van der Waals surface area contributed by atoms with Crippen molar-refractivity contribution in [3.8, 4) is 5.75 Å². The first-order valence-electron chi connectivity index (χ1n) is 9.58. The number of hydrogen-bond donors (Lipinski definition) is 1. The maximum Gasteiger partial charge on any atom is 0.264 e. The lowest BCUT2D eigenvalue weighted by atomic mass is 10.2. The molecule has 0 aliphatic rings. The van der Waals surface area contributed by atoms with Crippen LogP contribution in [0.25, 0.3) is 0 Å². The predicted molar refractivity (Wildman–Crippen MR) is 119 cm³/mol. The number of carbonyl (C=O) groups excluding carboxylic acids is 1. The van der Waals surface area contributed by atoms with Crippen LogP contribution in [-0.4, -0.2) is 33.5 Å². The minimum atomic E-state index is -3.93. The Kier molecular flexibility index (Phi) is 8.52. The SMILES string of the molecule is CCC[C@@H](C)NC(=O)CN(c1ccc(OCC)cc1)S(=O)(=O)c1ccc(Br)cc1. The Labute approximate surface area is 181 Å². The summed E-state index contributed by atoms with van der Waals surface area (Å²) in [5.41, 5.74) is 0.398. The van der Waals surface area contributed by atoms with Crippen molar-refractivity contribution in [3.63, 3.8) is 0 Å². The normalized spacial score (nSPS) is 12.3. The van der Waals surface area contributed by atoms with Gasteiger partial charge in [0.15, 0.2) is 0 Å². The first-order valence-corrected chi connectivity index (χ1v) is 11.8. The monoisotopic (exact) mass is 482 g/mol. The fraction of sp³-hybridized carbons (Fsp3) is 0.381. The van der Waals surface area contributed by atoms with Crippen molar-refractivity contribution < 1.29 is 17.9 Å². The first-order chi connectivity index (χ1) is 13.8. The van der Waals surface area contributed by atoms with E-state index in [2.05, 4.69) is 21.2 Å². The number of ether oxygens (including phenoxy) is 1. The largest absolute Gasteiger partial charge is 0.494 e. The number of carbonyl (C=O) groups is 1. The van der Waals surface area contributed by atoms with Crippen molar-refractivity contribution in [3.05, 3.63) is 53.0 Å². The average Bonchev–Trinajstić information content (AvgIpc) is 2.67. The number of nitrogens with zero attached hydrogens (tertiary/aromatic N) is 1. The molecule has 29 heavy (non-hydrogen) atoms. The van der Waals surface area contributed by atoms with E-state index in [0.717, 1.165) is 21.6 Å². The van der Waals surface area contributed by atoms with E-state index in [0.29, 0.717) is 18.0 Å². The summed E-state index contributed by atoms with van der Waals surface area (Å²) in [5, 5.41) is 2.87. The lowest BCUT2D eigenvalue weighted by Crippen LogP contribution is -2.43. The van der Waals surface area contributed by atoms with Gasteiger partial charge in [-0.3, -0.25) is 9.10 Å². The van der Waals surface area contributed by atoms with Gasteiger partial charge in [-0.1, -0.05) is 29.3 Å². The third-order valence-corrected chi connectivity index (χ3v) is 6.57. The molecule has 1 amide bonds. The molecular formula is C21H27BrN2O4S. The van der Waals surface area contributed by atoms with Gasteiger partial charge in [0.05, 0.1) is 17.2 Å². The molecule has 0 saturated heterocycles.